The summed E-state index contributed by atoms with van der Waals surface area (Å²) in [6, 6.07) is 24.4. The summed E-state index contributed by atoms with van der Waals surface area (Å²) in [5.41, 5.74) is 2.10. The predicted molar refractivity (Wildman–Crippen MR) is 104 cm³/mol. The molecule has 4 nitrogen and oxygen atoms in total. The van der Waals surface area contributed by atoms with Crippen molar-refractivity contribution >= 4 is 16.9 Å². The van der Waals surface area contributed by atoms with E-state index in [1.54, 1.807) is 14.2 Å². The third kappa shape index (κ3) is 3.86. The fourth-order valence-corrected chi connectivity index (χ4v) is 3.36. The van der Waals surface area contributed by atoms with Crippen LogP contribution in [0.3, 0.4) is 0 Å². The predicted octanol–water partition coefficient (Wildman–Crippen LogP) is 4.92. The summed E-state index contributed by atoms with van der Waals surface area (Å²) in [6.07, 6.45) is -1.18. The van der Waals surface area contributed by atoms with Gasteiger partial charge >= 0.3 is 6.09 Å². The number of fused-ring (bicyclic) bond motifs is 1. The fraction of sp³-hybridized carbons (Fsp3) is 0.227. The second kappa shape index (κ2) is 8.02. The summed E-state index contributed by atoms with van der Waals surface area (Å²) in [7, 11) is 3.26. The first-order chi connectivity index (χ1) is 12.6. The molecule has 0 aliphatic heterocycles. The van der Waals surface area contributed by atoms with Gasteiger partial charge in [0.1, 0.15) is 0 Å². The minimum Gasteiger partial charge on any atom is -0.465 e. The molecule has 0 heterocycles. The SMILES string of the molecule is CO[C@H](c1ccccc1)[C@H](CN(C)C(=O)O)c1ccc2ccccc2c1. The van der Waals surface area contributed by atoms with Crippen molar-refractivity contribution in [3.8, 4) is 0 Å². The van der Waals surface area contributed by atoms with Crippen molar-refractivity contribution in [3.63, 3.8) is 0 Å². The molecular weight excluding hydrogens is 326 g/mol. The Morgan fingerprint density at radius 1 is 0.962 bits per heavy atom. The second-order valence-corrected chi connectivity index (χ2v) is 6.44. The molecule has 0 unspecified atom stereocenters. The number of benzene rings is 3. The van der Waals surface area contributed by atoms with E-state index >= 15 is 0 Å². The van der Waals surface area contributed by atoms with Gasteiger partial charge in [0.05, 0.1) is 6.10 Å². The van der Waals surface area contributed by atoms with E-state index in [1.807, 2.05) is 42.5 Å². The van der Waals surface area contributed by atoms with Crippen LogP contribution in [0, 0.1) is 0 Å². The molecule has 0 saturated carbocycles. The van der Waals surface area contributed by atoms with Crippen LogP contribution in [0.15, 0.2) is 72.8 Å². The number of carbonyl (C=O) groups is 1. The molecule has 0 radical (unpaired) electrons. The van der Waals surface area contributed by atoms with Crippen LogP contribution in [0.1, 0.15) is 23.1 Å². The van der Waals surface area contributed by atoms with Crippen LogP contribution in [0.5, 0.6) is 0 Å². The number of nitrogens with zero attached hydrogens (tertiary/aromatic N) is 1. The molecule has 4 heteroatoms. The van der Waals surface area contributed by atoms with Gasteiger partial charge in [0.25, 0.3) is 0 Å². The number of amides is 1. The van der Waals surface area contributed by atoms with E-state index in [1.165, 1.54) is 4.90 Å². The Kier molecular flexibility index (Phi) is 5.54. The third-order valence-electron chi connectivity index (χ3n) is 4.75. The lowest BCUT2D eigenvalue weighted by Crippen LogP contribution is -2.32. The highest BCUT2D eigenvalue weighted by Crippen LogP contribution is 2.35. The zero-order chi connectivity index (χ0) is 18.5. The van der Waals surface area contributed by atoms with Crippen LogP contribution < -0.4 is 0 Å². The van der Waals surface area contributed by atoms with Crippen molar-refractivity contribution in [2.24, 2.45) is 0 Å². The van der Waals surface area contributed by atoms with Gasteiger partial charge in [-0.25, -0.2) is 4.79 Å². The van der Waals surface area contributed by atoms with E-state index in [9.17, 15) is 9.90 Å². The molecule has 0 aromatic heterocycles. The van der Waals surface area contributed by atoms with Gasteiger partial charge in [0, 0.05) is 26.6 Å². The van der Waals surface area contributed by atoms with Crippen molar-refractivity contribution in [2.45, 2.75) is 12.0 Å². The van der Waals surface area contributed by atoms with Gasteiger partial charge in [-0.3, -0.25) is 0 Å². The fourth-order valence-electron chi connectivity index (χ4n) is 3.36. The molecule has 0 spiro atoms. The molecule has 0 aliphatic carbocycles. The first-order valence-electron chi connectivity index (χ1n) is 8.60. The lowest BCUT2D eigenvalue weighted by Gasteiger charge is -2.30. The van der Waals surface area contributed by atoms with Crippen LogP contribution >= 0.6 is 0 Å². The number of rotatable bonds is 6. The molecule has 2 atom stereocenters. The molecule has 3 rings (SSSR count). The lowest BCUT2D eigenvalue weighted by atomic mass is 9.87. The largest absolute Gasteiger partial charge is 0.465 e. The minimum absolute atomic E-state index is 0.117. The summed E-state index contributed by atoms with van der Waals surface area (Å²) >= 11 is 0. The highest BCUT2D eigenvalue weighted by molar-refractivity contribution is 5.83. The van der Waals surface area contributed by atoms with Crippen molar-refractivity contribution in [1.82, 2.24) is 4.90 Å². The number of likely N-dealkylation sites (N-methyl/N-ethyl adjacent to an activating group) is 1. The molecule has 1 N–H and O–H groups in total. The Hall–Kier alpha value is -2.85. The number of hydrogen-bond donors (Lipinski definition) is 1. The zero-order valence-corrected chi connectivity index (χ0v) is 15.0. The van der Waals surface area contributed by atoms with E-state index in [-0.39, 0.29) is 12.0 Å². The Balaban J connectivity index is 2.04. The van der Waals surface area contributed by atoms with Gasteiger partial charge in [0.2, 0.25) is 0 Å². The number of methoxy groups -OCH3 is 1. The first kappa shape index (κ1) is 18.0. The standard InChI is InChI=1S/C22H23NO3/c1-23(22(24)25)15-20(21(26-2)17-9-4-3-5-10-17)19-13-12-16-8-6-7-11-18(16)14-19/h3-14,20-21H,15H2,1-2H3,(H,24,25)/t20-,21-/m1/s1. The molecule has 0 bridgehead atoms. The van der Waals surface area contributed by atoms with Gasteiger partial charge in [-0.1, -0.05) is 72.8 Å². The highest BCUT2D eigenvalue weighted by atomic mass is 16.5. The van der Waals surface area contributed by atoms with Gasteiger partial charge in [-0.05, 0) is 21.9 Å². The molecule has 26 heavy (non-hydrogen) atoms. The summed E-state index contributed by atoms with van der Waals surface area (Å²) < 4.78 is 5.83. The topological polar surface area (TPSA) is 49.8 Å². The molecule has 0 fully saturated rings. The maximum atomic E-state index is 11.4. The molecule has 3 aromatic carbocycles. The summed E-state index contributed by atoms with van der Waals surface area (Å²) in [4.78, 5) is 12.7. The Labute approximate surface area is 153 Å². The van der Waals surface area contributed by atoms with Crippen LogP contribution in [-0.4, -0.2) is 36.8 Å². The summed E-state index contributed by atoms with van der Waals surface area (Å²) in [5.74, 6) is -0.117. The highest BCUT2D eigenvalue weighted by Gasteiger charge is 2.27. The Bertz CT molecular complexity index is 879. The summed E-state index contributed by atoms with van der Waals surface area (Å²) in [5, 5.41) is 11.7. The third-order valence-corrected chi connectivity index (χ3v) is 4.75. The molecule has 134 valence electrons. The Morgan fingerprint density at radius 2 is 1.62 bits per heavy atom. The van der Waals surface area contributed by atoms with Crippen LogP contribution in [0.4, 0.5) is 4.79 Å². The molecule has 0 saturated heterocycles. The number of ether oxygens (including phenoxy) is 1. The van der Waals surface area contributed by atoms with Crippen molar-refractivity contribution in [3.05, 3.63) is 83.9 Å². The quantitative estimate of drug-likeness (QED) is 0.687. The normalized spacial score (nSPS) is 13.3. The van der Waals surface area contributed by atoms with Crippen LogP contribution in [-0.2, 0) is 4.74 Å². The molecule has 3 aromatic rings. The first-order valence-corrected chi connectivity index (χ1v) is 8.60. The monoisotopic (exact) mass is 349 g/mol. The Morgan fingerprint density at radius 3 is 2.27 bits per heavy atom. The molecule has 1 amide bonds. The van der Waals surface area contributed by atoms with Crippen LogP contribution in [0.2, 0.25) is 0 Å². The number of hydrogen-bond acceptors (Lipinski definition) is 2. The van der Waals surface area contributed by atoms with E-state index in [2.05, 4.69) is 30.3 Å². The van der Waals surface area contributed by atoms with Gasteiger partial charge < -0.3 is 14.7 Å². The maximum Gasteiger partial charge on any atom is 0.407 e. The van der Waals surface area contributed by atoms with E-state index in [0.29, 0.717) is 6.54 Å². The number of carboxylic acid groups (broad SMARTS) is 1. The zero-order valence-electron chi connectivity index (χ0n) is 15.0. The van der Waals surface area contributed by atoms with E-state index < -0.39 is 6.09 Å². The van der Waals surface area contributed by atoms with Crippen molar-refractivity contribution < 1.29 is 14.6 Å². The smallest absolute Gasteiger partial charge is 0.407 e. The second-order valence-electron chi connectivity index (χ2n) is 6.44. The average Bonchev–Trinajstić information content (AvgIpc) is 2.68. The molecular formula is C22H23NO3. The molecule has 0 aliphatic rings. The van der Waals surface area contributed by atoms with Crippen molar-refractivity contribution in [2.75, 3.05) is 20.7 Å². The van der Waals surface area contributed by atoms with E-state index in [4.69, 9.17) is 4.74 Å². The summed E-state index contributed by atoms with van der Waals surface area (Å²) in [6.45, 7) is 0.348. The van der Waals surface area contributed by atoms with Crippen molar-refractivity contribution in [1.29, 1.82) is 0 Å². The van der Waals surface area contributed by atoms with Gasteiger partial charge in [0.15, 0.2) is 0 Å². The van der Waals surface area contributed by atoms with E-state index in [0.717, 1.165) is 21.9 Å². The van der Waals surface area contributed by atoms with Crippen LogP contribution in [0.25, 0.3) is 10.8 Å². The minimum atomic E-state index is -0.946. The van der Waals surface area contributed by atoms with Gasteiger partial charge in [-0.15, -0.1) is 0 Å². The lowest BCUT2D eigenvalue weighted by molar-refractivity contribution is 0.0661. The average molecular weight is 349 g/mol. The van der Waals surface area contributed by atoms with Gasteiger partial charge in [-0.2, -0.15) is 0 Å². The maximum absolute atomic E-state index is 11.4.